The Hall–Kier alpha value is -5.63. The molecule has 1 atom stereocenters. The summed E-state index contributed by atoms with van der Waals surface area (Å²) in [6.45, 7) is 7.35. The number of benzene rings is 6. The molecule has 1 unspecified atom stereocenters. The average Bonchev–Trinajstić information content (AvgIpc) is 3.61. The number of fused-ring (bicyclic) bond motifs is 7. The fourth-order valence-corrected chi connectivity index (χ4v) is 7.88. The van der Waals surface area contributed by atoms with Crippen molar-refractivity contribution in [1.29, 1.82) is 0 Å². The second-order valence-electron chi connectivity index (χ2n) is 11.3. The Balaban J connectivity index is 1.22. The summed E-state index contributed by atoms with van der Waals surface area (Å²) in [5, 5.41) is 3.64. The van der Waals surface area contributed by atoms with Gasteiger partial charge in [-0.15, -0.1) is 11.3 Å². The summed E-state index contributed by atoms with van der Waals surface area (Å²) in [5.41, 5.74) is 10.9. The zero-order chi connectivity index (χ0) is 29.2. The van der Waals surface area contributed by atoms with Gasteiger partial charge >= 0.3 is 0 Å². The number of rotatable bonds is 3. The van der Waals surface area contributed by atoms with Gasteiger partial charge in [-0.25, -0.2) is 14.8 Å². The number of hydrogen-bond acceptors (Lipinski definition) is 3. The lowest BCUT2D eigenvalue weighted by Gasteiger charge is -2.16. The zero-order valence-electron chi connectivity index (χ0n) is 23.5. The molecule has 9 rings (SSSR count). The van der Waals surface area contributed by atoms with E-state index in [0.717, 1.165) is 27.7 Å². The van der Waals surface area contributed by atoms with E-state index in [2.05, 4.69) is 95.8 Å². The Bertz CT molecular complexity index is 2470. The van der Waals surface area contributed by atoms with Crippen molar-refractivity contribution < 1.29 is 0 Å². The summed E-state index contributed by atoms with van der Waals surface area (Å²) in [5.74, 6) is 0.811. The van der Waals surface area contributed by atoms with E-state index in [1.54, 1.807) is 0 Å². The topological polar surface area (TPSA) is 30.1 Å². The van der Waals surface area contributed by atoms with Crippen LogP contribution in [0.5, 0.6) is 0 Å². The molecule has 204 valence electrons. The Morgan fingerprint density at radius 2 is 1.36 bits per heavy atom. The molecule has 0 fully saturated rings. The molecule has 0 bridgehead atoms. The maximum Gasteiger partial charge on any atom is 0.187 e. The summed E-state index contributed by atoms with van der Waals surface area (Å²) in [4.78, 5) is 13.7. The summed E-state index contributed by atoms with van der Waals surface area (Å²) < 4.78 is 2.65. The highest BCUT2D eigenvalue weighted by Crippen LogP contribution is 2.51. The van der Waals surface area contributed by atoms with Crippen molar-refractivity contribution in [2.24, 2.45) is 0 Å². The van der Waals surface area contributed by atoms with Crippen molar-refractivity contribution >= 4 is 48.1 Å². The fourth-order valence-electron chi connectivity index (χ4n) is 6.76. The first-order valence-electron chi connectivity index (χ1n) is 14.6. The molecule has 1 aliphatic carbocycles. The van der Waals surface area contributed by atoms with Crippen molar-refractivity contribution in [1.82, 2.24) is 9.97 Å². The smallest absolute Gasteiger partial charge is 0.187 e. The normalized spacial score (nSPS) is 13.7. The van der Waals surface area contributed by atoms with E-state index in [1.165, 1.54) is 48.0 Å². The second kappa shape index (κ2) is 9.70. The van der Waals surface area contributed by atoms with Gasteiger partial charge in [0.05, 0.1) is 17.8 Å². The number of aromatic nitrogens is 2. The van der Waals surface area contributed by atoms with Gasteiger partial charge in [-0.1, -0.05) is 103 Å². The van der Waals surface area contributed by atoms with Gasteiger partial charge in [0.15, 0.2) is 11.5 Å². The highest BCUT2D eigenvalue weighted by Gasteiger charge is 2.31. The molecule has 0 radical (unpaired) electrons. The standard InChI is InChI=1S/C40H23N3S/c1-41-27-19-17-24(18-20-27)39-31-14-4-6-15-35(31)42-40(43-39)26-10-8-9-25(21-26)38-30-13-3-2-11-28(30)32-23-37-33(22-34(32)38)29-12-5-7-16-36(29)44-37/h2-23,38H. The number of thiophene rings is 1. The van der Waals surface area contributed by atoms with Crippen LogP contribution in [0.3, 0.4) is 0 Å². The van der Waals surface area contributed by atoms with Gasteiger partial charge in [0.2, 0.25) is 0 Å². The highest BCUT2D eigenvalue weighted by molar-refractivity contribution is 7.25. The van der Waals surface area contributed by atoms with Crippen molar-refractivity contribution in [3.8, 4) is 33.8 Å². The molecule has 0 N–H and O–H groups in total. The van der Waals surface area contributed by atoms with E-state index in [-0.39, 0.29) is 5.92 Å². The molecule has 8 aromatic rings. The van der Waals surface area contributed by atoms with Crippen molar-refractivity contribution in [2.45, 2.75) is 5.92 Å². The minimum Gasteiger partial charge on any atom is -0.238 e. The summed E-state index contributed by atoms with van der Waals surface area (Å²) in [7, 11) is 0. The van der Waals surface area contributed by atoms with E-state index >= 15 is 0 Å². The minimum atomic E-state index is 0.116. The molecule has 6 aromatic carbocycles. The monoisotopic (exact) mass is 577 g/mol. The minimum absolute atomic E-state index is 0.116. The molecule has 0 saturated carbocycles. The summed E-state index contributed by atoms with van der Waals surface area (Å²) in [6, 6.07) is 46.9. The molecule has 0 saturated heterocycles. The van der Waals surface area contributed by atoms with Gasteiger partial charge in [-0.2, -0.15) is 0 Å². The van der Waals surface area contributed by atoms with Crippen LogP contribution in [0.15, 0.2) is 133 Å². The molecule has 0 amide bonds. The maximum absolute atomic E-state index is 7.35. The van der Waals surface area contributed by atoms with Gasteiger partial charge in [0, 0.05) is 37.0 Å². The lowest BCUT2D eigenvalue weighted by atomic mass is 9.88. The maximum atomic E-state index is 7.35. The van der Waals surface area contributed by atoms with Crippen LogP contribution in [0.4, 0.5) is 5.69 Å². The van der Waals surface area contributed by atoms with E-state index in [1.807, 2.05) is 53.8 Å². The quantitative estimate of drug-likeness (QED) is 0.196. The zero-order valence-corrected chi connectivity index (χ0v) is 24.3. The van der Waals surface area contributed by atoms with E-state index in [0.29, 0.717) is 11.5 Å². The first-order chi connectivity index (χ1) is 21.7. The van der Waals surface area contributed by atoms with Crippen molar-refractivity contribution in [3.05, 3.63) is 162 Å². The Kier molecular flexibility index (Phi) is 5.50. The molecule has 4 heteroatoms. The van der Waals surface area contributed by atoms with Crippen LogP contribution < -0.4 is 0 Å². The predicted octanol–water partition coefficient (Wildman–Crippen LogP) is 11.0. The SMILES string of the molecule is [C-]#[N+]c1ccc(-c2nc(-c3cccc(C4c5ccccc5-c5cc6sc7ccccc7c6cc54)c3)nc3ccccc23)cc1. The lowest BCUT2D eigenvalue weighted by Crippen LogP contribution is -2.01. The number of hydrogen-bond donors (Lipinski definition) is 0. The van der Waals surface area contributed by atoms with Gasteiger partial charge in [0.25, 0.3) is 0 Å². The third kappa shape index (κ3) is 3.80. The van der Waals surface area contributed by atoms with Crippen molar-refractivity contribution in [2.75, 3.05) is 0 Å². The van der Waals surface area contributed by atoms with Gasteiger partial charge in [0.1, 0.15) is 0 Å². The van der Waals surface area contributed by atoms with Crippen LogP contribution in [0, 0.1) is 6.57 Å². The van der Waals surface area contributed by atoms with Crippen LogP contribution in [-0.4, -0.2) is 9.97 Å². The molecule has 44 heavy (non-hydrogen) atoms. The van der Waals surface area contributed by atoms with Crippen LogP contribution in [0.1, 0.15) is 22.6 Å². The summed E-state index contributed by atoms with van der Waals surface area (Å²) in [6.07, 6.45) is 0. The Morgan fingerprint density at radius 3 is 2.25 bits per heavy atom. The third-order valence-electron chi connectivity index (χ3n) is 8.77. The molecular formula is C40H23N3S. The molecule has 2 aromatic heterocycles. The van der Waals surface area contributed by atoms with Crippen LogP contribution in [0.25, 0.3) is 69.7 Å². The third-order valence-corrected chi connectivity index (χ3v) is 9.91. The number of para-hydroxylation sites is 1. The van der Waals surface area contributed by atoms with Gasteiger partial charge in [-0.3, -0.25) is 0 Å². The molecule has 3 nitrogen and oxygen atoms in total. The Morgan fingerprint density at radius 1 is 0.568 bits per heavy atom. The predicted molar refractivity (Wildman–Crippen MR) is 182 cm³/mol. The largest absolute Gasteiger partial charge is 0.238 e. The fraction of sp³-hybridized carbons (Fsp3) is 0.0250. The number of nitrogens with zero attached hydrogens (tertiary/aromatic N) is 3. The highest BCUT2D eigenvalue weighted by atomic mass is 32.1. The molecule has 2 heterocycles. The Labute approximate surface area is 258 Å². The molecule has 0 spiro atoms. The first kappa shape index (κ1) is 24.9. The van der Waals surface area contributed by atoms with Gasteiger partial charge in [-0.05, 0) is 63.7 Å². The first-order valence-corrected chi connectivity index (χ1v) is 15.5. The van der Waals surface area contributed by atoms with Crippen LogP contribution >= 0.6 is 11.3 Å². The lowest BCUT2D eigenvalue weighted by molar-refractivity contribution is 1.02. The average molecular weight is 578 g/mol. The summed E-state index contributed by atoms with van der Waals surface area (Å²) >= 11 is 1.87. The van der Waals surface area contributed by atoms with E-state index < -0.39 is 0 Å². The van der Waals surface area contributed by atoms with Gasteiger partial charge < -0.3 is 0 Å². The van der Waals surface area contributed by atoms with Crippen LogP contribution in [-0.2, 0) is 0 Å². The van der Waals surface area contributed by atoms with E-state index in [4.69, 9.17) is 16.5 Å². The second-order valence-corrected chi connectivity index (χ2v) is 12.3. The van der Waals surface area contributed by atoms with E-state index in [9.17, 15) is 0 Å². The van der Waals surface area contributed by atoms with Crippen molar-refractivity contribution in [3.63, 3.8) is 0 Å². The van der Waals surface area contributed by atoms with Crippen LogP contribution in [0.2, 0.25) is 0 Å². The molecule has 1 aliphatic rings. The molecular weight excluding hydrogens is 555 g/mol. The molecule has 0 aliphatic heterocycles.